The van der Waals surface area contributed by atoms with Crippen LogP contribution in [0.4, 0.5) is 0 Å². The van der Waals surface area contributed by atoms with Gasteiger partial charge >= 0.3 is 5.97 Å². The first kappa shape index (κ1) is 19.9. The Bertz CT molecular complexity index is 1110. The molecule has 2 aromatic carbocycles. The normalized spacial score (nSPS) is 15.5. The summed E-state index contributed by atoms with van der Waals surface area (Å²) in [4.78, 5) is 41.4. The maximum atomic E-state index is 12.6. The Balaban J connectivity index is 1.41. The number of benzene rings is 2. The second-order valence-electron chi connectivity index (χ2n) is 6.64. The highest BCUT2D eigenvalue weighted by atomic mass is 32.2. The highest BCUT2D eigenvalue weighted by molar-refractivity contribution is 7.91. The van der Waals surface area contributed by atoms with Crippen LogP contribution in [-0.4, -0.2) is 50.2 Å². The van der Waals surface area contributed by atoms with Gasteiger partial charge in [0.05, 0.1) is 41.4 Å². The number of nitrogens with zero attached hydrogens (tertiary/aromatic N) is 1. The van der Waals surface area contributed by atoms with Crippen LogP contribution in [0.5, 0.6) is 11.5 Å². The van der Waals surface area contributed by atoms with Gasteiger partial charge in [-0.3, -0.25) is 9.59 Å². The summed E-state index contributed by atoms with van der Waals surface area (Å²) in [6, 6.07) is 10.3. The summed E-state index contributed by atoms with van der Waals surface area (Å²) in [6.07, 6.45) is 0.143. The molecule has 2 heterocycles. The van der Waals surface area contributed by atoms with Crippen LogP contribution < -0.4 is 9.47 Å². The van der Waals surface area contributed by atoms with Crippen molar-refractivity contribution in [2.24, 2.45) is 0 Å². The molecule has 0 fully saturated rings. The molecule has 9 nitrogen and oxygen atoms in total. The van der Waals surface area contributed by atoms with Gasteiger partial charge in [0, 0.05) is 12.5 Å². The fourth-order valence-corrected chi connectivity index (χ4v) is 4.30. The lowest BCUT2D eigenvalue weighted by Crippen LogP contribution is -2.33. The predicted molar refractivity (Wildman–Crippen MR) is 102 cm³/mol. The van der Waals surface area contributed by atoms with Gasteiger partial charge in [0.2, 0.25) is 0 Å². The molecule has 0 spiro atoms. The molecule has 0 saturated carbocycles. The van der Waals surface area contributed by atoms with E-state index in [1.165, 1.54) is 30.3 Å². The Morgan fingerprint density at radius 2 is 1.60 bits per heavy atom. The average Bonchev–Trinajstić information content (AvgIpc) is 2.91. The van der Waals surface area contributed by atoms with E-state index < -0.39 is 39.8 Å². The van der Waals surface area contributed by atoms with Gasteiger partial charge in [0.25, 0.3) is 11.8 Å². The third-order valence-corrected chi connectivity index (χ3v) is 6.32. The van der Waals surface area contributed by atoms with Gasteiger partial charge in [-0.2, -0.15) is 0 Å². The van der Waals surface area contributed by atoms with Crippen LogP contribution in [0.1, 0.15) is 33.6 Å². The van der Waals surface area contributed by atoms with E-state index in [4.69, 9.17) is 14.3 Å². The van der Waals surface area contributed by atoms with E-state index in [-0.39, 0.29) is 16.0 Å². The van der Waals surface area contributed by atoms with Crippen molar-refractivity contribution >= 4 is 27.6 Å². The third-order valence-electron chi connectivity index (χ3n) is 4.60. The van der Waals surface area contributed by atoms with Crippen LogP contribution in [0.15, 0.2) is 47.4 Å². The second kappa shape index (κ2) is 7.79. The molecular formula is C20H17NO8S. The molecule has 0 atom stereocenters. The van der Waals surface area contributed by atoms with Gasteiger partial charge in [0.1, 0.15) is 0 Å². The number of carbonyl (C=O) groups is 3. The zero-order valence-corrected chi connectivity index (χ0v) is 16.5. The number of sulfone groups is 1. The van der Waals surface area contributed by atoms with Crippen LogP contribution in [0.2, 0.25) is 0 Å². The lowest BCUT2D eigenvalue weighted by molar-refractivity contribution is -0.168. The van der Waals surface area contributed by atoms with E-state index in [1.54, 1.807) is 12.1 Å². The van der Waals surface area contributed by atoms with Gasteiger partial charge in [-0.15, -0.1) is 0 Å². The molecule has 0 unspecified atom stereocenters. The van der Waals surface area contributed by atoms with Crippen molar-refractivity contribution in [1.29, 1.82) is 0 Å². The molecule has 2 amide bonds. The fourth-order valence-electron chi connectivity index (χ4n) is 3.07. The van der Waals surface area contributed by atoms with Crippen molar-refractivity contribution in [3.8, 4) is 11.5 Å². The molecule has 2 aliphatic rings. The van der Waals surface area contributed by atoms with Gasteiger partial charge < -0.3 is 14.3 Å². The molecule has 156 valence electrons. The van der Waals surface area contributed by atoms with Gasteiger partial charge in [-0.1, -0.05) is 17.2 Å². The third kappa shape index (κ3) is 3.73. The first-order chi connectivity index (χ1) is 14.4. The van der Waals surface area contributed by atoms with E-state index in [0.717, 1.165) is 0 Å². The van der Waals surface area contributed by atoms with Crippen molar-refractivity contribution < 1.29 is 37.1 Å². The number of carbonyl (C=O) groups excluding carboxylic acids is 3. The van der Waals surface area contributed by atoms with Crippen LogP contribution in [0.3, 0.4) is 0 Å². The molecule has 2 aliphatic heterocycles. The zero-order valence-electron chi connectivity index (χ0n) is 15.7. The number of fused-ring (bicyclic) bond motifs is 2. The average molecular weight is 431 g/mol. The highest BCUT2D eigenvalue weighted by Crippen LogP contribution is 2.32. The second-order valence-corrected chi connectivity index (χ2v) is 8.75. The molecule has 0 aromatic heterocycles. The van der Waals surface area contributed by atoms with Crippen LogP contribution in [0, 0.1) is 0 Å². The van der Waals surface area contributed by atoms with Crippen molar-refractivity contribution in [1.82, 2.24) is 5.06 Å². The molecule has 0 bridgehead atoms. The van der Waals surface area contributed by atoms with Gasteiger partial charge in [0.15, 0.2) is 21.3 Å². The zero-order chi connectivity index (χ0) is 21.3. The summed E-state index contributed by atoms with van der Waals surface area (Å²) in [5, 5.41) is 0.354. The summed E-state index contributed by atoms with van der Waals surface area (Å²) in [7, 11) is -3.84. The molecule has 0 radical (unpaired) electrons. The van der Waals surface area contributed by atoms with E-state index in [9.17, 15) is 22.8 Å². The Kier molecular flexibility index (Phi) is 5.17. The fraction of sp³-hybridized carbons (Fsp3) is 0.250. The minimum absolute atomic E-state index is 0.0275. The van der Waals surface area contributed by atoms with E-state index in [1.807, 2.05) is 0 Å². The van der Waals surface area contributed by atoms with Crippen molar-refractivity contribution in [3.05, 3.63) is 53.6 Å². The van der Waals surface area contributed by atoms with E-state index in [0.29, 0.717) is 36.2 Å². The minimum atomic E-state index is -3.84. The Hall–Kier alpha value is -3.40. The number of hydrogen-bond acceptors (Lipinski definition) is 8. The smallest absolute Gasteiger partial charge is 0.334 e. The van der Waals surface area contributed by atoms with Crippen molar-refractivity contribution in [3.63, 3.8) is 0 Å². The predicted octanol–water partition coefficient (Wildman–Crippen LogP) is 1.77. The minimum Gasteiger partial charge on any atom is -0.490 e. The number of imide groups is 1. The van der Waals surface area contributed by atoms with Crippen LogP contribution in [0.25, 0.3) is 0 Å². The van der Waals surface area contributed by atoms with Crippen LogP contribution in [-0.2, 0) is 19.5 Å². The lowest BCUT2D eigenvalue weighted by atomic mass is 10.1. The lowest BCUT2D eigenvalue weighted by Gasteiger charge is -2.13. The number of amides is 2. The SMILES string of the molecule is O=C(CCS(=O)(=O)c1ccc2c(c1)OCCCO2)ON1C(=O)c2ccccc2C1=O. The largest absolute Gasteiger partial charge is 0.490 e. The van der Waals surface area contributed by atoms with Crippen molar-refractivity contribution in [2.45, 2.75) is 17.7 Å². The first-order valence-corrected chi connectivity index (χ1v) is 10.8. The highest BCUT2D eigenvalue weighted by Gasteiger charge is 2.38. The Morgan fingerprint density at radius 1 is 0.967 bits per heavy atom. The van der Waals surface area contributed by atoms with E-state index >= 15 is 0 Å². The summed E-state index contributed by atoms with van der Waals surface area (Å²) in [5.74, 6) is -2.33. The molecule has 4 rings (SSSR count). The number of hydrogen-bond donors (Lipinski definition) is 0. The number of ether oxygens (including phenoxy) is 2. The standard InChI is InChI=1S/C20H17NO8S/c22-18(29-21-19(23)14-4-1-2-5-15(14)20(21)24)8-11-30(25,26)13-6-7-16-17(12-13)28-10-3-9-27-16/h1-2,4-7,12H,3,8-11H2. The van der Waals surface area contributed by atoms with Gasteiger partial charge in [-0.05, 0) is 24.3 Å². The molecule has 0 saturated heterocycles. The summed E-state index contributed by atoms with van der Waals surface area (Å²) >= 11 is 0. The molecular weight excluding hydrogens is 414 g/mol. The summed E-state index contributed by atoms with van der Waals surface area (Å²) in [5.41, 5.74) is 0.241. The topological polar surface area (TPSA) is 116 Å². The van der Waals surface area contributed by atoms with Crippen molar-refractivity contribution in [2.75, 3.05) is 19.0 Å². The molecule has 30 heavy (non-hydrogen) atoms. The number of rotatable bonds is 5. The summed E-state index contributed by atoms with van der Waals surface area (Å²) < 4.78 is 36.2. The molecule has 0 aliphatic carbocycles. The Labute approximate surface area is 172 Å². The first-order valence-electron chi connectivity index (χ1n) is 9.18. The van der Waals surface area contributed by atoms with Gasteiger partial charge in [-0.25, -0.2) is 13.2 Å². The van der Waals surface area contributed by atoms with E-state index in [2.05, 4.69) is 0 Å². The monoisotopic (exact) mass is 431 g/mol. The number of hydroxylamine groups is 2. The molecule has 2 aromatic rings. The summed E-state index contributed by atoms with van der Waals surface area (Å²) in [6.45, 7) is 0.881. The maximum absolute atomic E-state index is 12.6. The maximum Gasteiger partial charge on any atom is 0.334 e. The Morgan fingerprint density at radius 3 is 2.27 bits per heavy atom. The van der Waals surface area contributed by atoms with Crippen LogP contribution >= 0.6 is 0 Å². The quantitative estimate of drug-likeness (QED) is 0.658. The molecule has 0 N–H and O–H groups in total. The molecule has 10 heteroatoms.